The second-order valence-corrected chi connectivity index (χ2v) is 6.06. The predicted octanol–water partition coefficient (Wildman–Crippen LogP) is 2.57. The van der Waals surface area contributed by atoms with Crippen LogP contribution in [-0.2, 0) is 9.59 Å². The highest BCUT2D eigenvalue weighted by atomic mass is 32.2. The van der Waals surface area contributed by atoms with E-state index in [0.717, 1.165) is 29.3 Å². The molecule has 2 nitrogen and oxygen atoms in total. The summed E-state index contributed by atoms with van der Waals surface area (Å²) in [5.41, 5.74) is -0.843. The van der Waals surface area contributed by atoms with Crippen molar-refractivity contribution >= 4 is 36.1 Å². The fourth-order valence-corrected chi connectivity index (χ4v) is 2.76. The van der Waals surface area contributed by atoms with E-state index in [1.54, 1.807) is 23.5 Å². The topological polar surface area (TPSA) is 34.1 Å². The van der Waals surface area contributed by atoms with Crippen LogP contribution in [0, 0.1) is 5.41 Å². The van der Waals surface area contributed by atoms with E-state index in [4.69, 9.17) is 0 Å². The van der Waals surface area contributed by atoms with Gasteiger partial charge >= 0.3 is 0 Å². The third-order valence-electron chi connectivity index (χ3n) is 2.22. The van der Waals surface area contributed by atoms with Gasteiger partial charge in [-0.25, -0.2) is 0 Å². The predicted molar refractivity (Wildman–Crippen MR) is 69.4 cm³/mol. The summed E-state index contributed by atoms with van der Waals surface area (Å²) in [5, 5.41) is 0. The van der Waals surface area contributed by atoms with Crippen LogP contribution in [0.25, 0.3) is 0 Å². The summed E-state index contributed by atoms with van der Waals surface area (Å²) in [6, 6.07) is 0. The van der Waals surface area contributed by atoms with Crippen molar-refractivity contribution in [1.82, 2.24) is 0 Å². The smallest absolute Gasteiger partial charge is 0.212 e. The summed E-state index contributed by atoms with van der Waals surface area (Å²) in [7, 11) is 0. The van der Waals surface area contributed by atoms with Gasteiger partial charge in [0, 0.05) is 0 Å². The molecule has 87 valence electrons. The van der Waals surface area contributed by atoms with Gasteiger partial charge in [0.1, 0.15) is 6.29 Å². The molecule has 0 saturated heterocycles. The monoisotopic (exact) mass is 247 g/mol. The Kier molecular flexibility index (Phi) is 9.30. The third-order valence-corrected chi connectivity index (χ3v) is 4.02. The maximum absolute atomic E-state index is 11.0. The summed E-state index contributed by atoms with van der Waals surface area (Å²) >= 11 is 3.52. The van der Waals surface area contributed by atoms with E-state index in [2.05, 4.69) is 13.8 Å². The number of thioether (sulfide) groups is 2. The Morgan fingerprint density at radius 2 is 1.60 bits per heavy atom. The molecule has 0 spiro atoms. The molecule has 0 aliphatic carbocycles. The maximum atomic E-state index is 11.0. The Balaban J connectivity index is 4.05. The fourth-order valence-electron chi connectivity index (χ4n) is 1.17. The van der Waals surface area contributed by atoms with Crippen molar-refractivity contribution in [2.75, 3.05) is 23.0 Å². The van der Waals surface area contributed by atoms with Gasteiger partial charge in [-0.15, -0.1) is 0 Å². The van der Waals surface area contributed by atoms with Crippen LogP contribution in [0.2, 0.25) is 0 Å². The summed E-state index contributed by atoms with van der Waals surface area (Å²) in [4.78, 5) is 21.8. The highest BCUT2D eigenvalue weighted by molar-refractivity contribution is 7.99. The number of hydrogen-bond acceptors (Lipinski definition) is 4. The first kappa shape index (κ1) is 15.0. The zero-order valence-corrected chi connectivity index (χ0v) is 11.1. The number of rotatable bonds is 10. The highest BCUT2D eigenvalue weighted by Gasteiger charge is 2.29. The average Bonchev–Trinajstić information content (AvgIpc) is 2.28. The summed E-state index contributed by atoms with van der Waals surface area (Å²) in [5.74, 6) is 3.78. The minimum Gasteiger partial charge on any atom is -0.302 e. The molecule has 0 amide bonds. The quantitative estimate of drug-likeness (QED) is 0.337. The minimum atomic E-state index is -0.843. The van der Waals surface area contributed by atoms with Crippen LogP contribution in [0.15, 0.2) is 0 Å². The van der Waals surface area contributed by atoms with Gasteiger partial charge < -0.3 is 4.79 Å². The molecule has 4 heteroatoms. The van der Waals surface area contributed by atoms with Gasteiger partial charge in [0.25, 0.3) is 0 Å². The van der Waals surface area contributed by atoms with Crippen molar-refractivity contribution in [3.63, 3.8) is 0 Å². The number of carbonyl (C=O) groups excluding carboxylic acids is 2. The van der Waals surface area contributed by atoms with E-state index in [-0.39, 0.29) is 0 Å². The molecule has 0 unspecified atom stereocenters. The lowest BCUT2D eigenvalue weighted by Crippen LogP contribution is -2.26. The molecule has 0 aliphatic rings. The average molecular weight is 247 g/mol. The van der Waals surface area contributed by atoms with Crippen molar-refractivity contribution in [1.29, 1.82) is 0 Å². The van der Waals surface area contributed by atoms with Gasteiger partial charge in [-0.3, -0.25) is 4.79 Å². The van der Waals surface area contributed by atoms with E-state index in [1.165, 1.54) is 0 Å². The third kappa shape index (κ3) is 6.25. The van der Waals surface area contributed by atoms with E-state index < -0.39 is 5.41 Å². The zero-order valence-electron chi connectivity index (χ0n) is 9.45. The second-order valence-electron chi connectivity index (χ2n) is 3.27. The maximum Gasteiger partial charge on any atom is 0.212 e. The SMILES string of the molecule is CCSCCC([C]=O)(C=O)CCSCC. The molecule has 0 fully saturated rings. The lowest BCUT2D eigenvalue weighted by atomic mass is 9.86. The van der Waals surface area contributed by atoms with Crippen LogP contribution >= 0.6 is 23.5 Å². The molecule has 0 rings (SSSR count). The van der Waals surface area contributed by atoms with Crippen LogP contribution in [0.1, 0.15) is 26.7 Å². The van der Waals surface area contributed by atoms with Gasteiger partial charge in [-0.1, -0.05) is 13.8 Å². The molecule has 15 heavy (non-hydrogen) atoms. The first-order valence-electron chi connectivity index (χ1n) is 5.25. The van der Waals surface area contributed by atoms with Crippen molar-refractivity contribution in [3.8, 4) is 0 Å². The van der Waals surface area contributed by atoms with Crippen LogP contribution in [0.4, 0.5) is 0 Å². The Hall–Kier alpha value is 0.0400. The first-order chi connectivity index (χ1) is 7.24. The molecule has 0 saturated carbocycles. The first-order valence-corrected chi connectivity index (χ1v) is 7.56. The van der Waals surface area contributed by atoms with E-state index in [1.807, 2.05) is 6.29 Å². The Bertz CT molecular complexity index is 163. The summed E-state index contributed by atoms with van der Waals surface area (Å²) in [6.07, 6.45) is 3.98. The van der Waals surface area contributed by atoms with Crippen molar-refractivity contribution in [2.24, 2.45) is 5.41 Å². The lowest BCUT2D eigenvalue weighted by Gasteiger charge is -2.19. The number of carbonyl (C=O) groups is 1. The number of aldehydes is 1. The van der Waals surface area contributed by atoms with Crippen LogP contribution < -0.4 is 0 Å². The molecule has 0 heterocycles. The molecular weight excluding hydrogens is 228 g/mol. The Morgan fingerprint density at radius 3 is 1.87 bits per heavy atom. The lowest BCUT2D eigenvalue weighted by molar-refractivity contribution is -0.113. The molecule has 1 radical (unpaired) electrons. The van der Waals surface area contributed by atoms with Gasteiger partial charge in [0.2, 0.25) is 6.29 Å². The second kappa shape index (κ2) is 9.28. The van der Waals surface area contributed by atoms with Gasteiger partial charge in [0.05, 0.1) is 5.41 Å². The van der Waals surface area contributed by atoms with Crippen molar-refractivity contribution in [3.05, 3.63) is 0 Å². The van der Waals surface area contributed by atoms with E-state index >= 15 is 0 Å². The Labute approximate surface area is 101 Å². The van der Waals surface area contributed by atoms with Crippen molar-refractivity contribution in [2.45, 2.75) is 26.7 Å². The Morgan fingerprint density at radius 1 is 1.13 bits per heavy atom. The largest absolute Gasteiger partial charge is 0.302 e. The highest BCUT2D eigenvalue weighted by Crippen LogP contribution is 2.25. The zero-order chi connectivity index (χ0) is 11.6. The molecule has 0 aliphatic heterocycles. The molecule has 0 aromatic rings. The molecule has 0 N–H and O–H groups in total. The van der Waals surface area contributed by atoms with Gasteiger partial charge in [-0.05, 0) is 35.9 Å². The molecule has 0 aromatic heterocycles. The van der Waals surface area contributed by atoms with Gasteiger partial charge in [0.15, 0.2) is 0 Å². The van der Waals surface area contributed by atoms with Crippen LogP contribution in [0.3, 0.4) is 0 Å². The van der Waals surface area contributed by atoms with E-state index in [9.17, 15) is 9.59 Å². The molecule has 0 atom stereocenters. The number of hydrogen-bond donors (Lipinski definition) is 0. The normalized spacial score (nSPS) is 11.3. The van der Waals surface area contributed by atoms with Crippen molar-refractivity contribution < 1.29 is 9.59 Å². The van der Waals surface area contributed by atoms with E-state index in [0.29, 0.717) is 12.8 Å². The van der Waals surface area contributed by atoms with Gasteiger partial charge in [-0.2, -0.15) is 23.5 Å². The molecule has 0 aromatic carbocycles. The fraction of sp³-hybridized carbons (Fsp3) is 0.818. The minimum absolute atomic E-state index is 0.628. The molecule has 0 bridgehead atoms. The summed E-state index contributed by atoms with van der Waals surface area (Å²) < 4.78 is 0. The summed E-state index contributed by atoms with van der Waals surface area (Å²) in [6.45, 7) is 4.15. The van der Waals surface area contributed by atoms with Crippen LogP contribution in [-0.4, -0.2) is 35.6 Å². The van der Waals surface area contributed by atoms with Crippen LogP contribution in [0.5, 0.6) is 0 Å². The standard InChI is InChI=1S/C11H19O2S2/c1-3-14-7-5-11(9-12,10-13)6-8-15-4-2/h9H,3-8H2,1-2H3. The molecular formula is C11H19O2S2.